The van der Waals surface area contributed by atoms with E-state index in [0.29, 0.717) is 5.92 Å². The van der Waals surface area contributed by atoms with Gasteiger partial charge < -0.3 is 9.80 Å². The molecule has 3 aromatic heterocycles. The Hall–Kier alpha value is -3.06. The van der Waals surface area contributed by atoms with Crippen LogP contribution in [0.25, 0.3) is 21.3 Å². The second kappa shape index (κ2) is 7.99. The van der Waals surface area contributed by atoms with Gasteiger partial charge >= 0.3 is 0 Å². The van der Waals surface area contributed by atoms with Crippen LogP contribution in [0.15, 0.2) is 54.4 Å². The molecule has 1 aromatic carbocycles. The number of piperazine rings is 1. The van der Waals surface area contributed by atoms with E-state index in [9.17, 15) is 0 Å². The minimum atomic E-state index is 0.530. The summed E-state index contributed by atoms with van der Waals surface area (Å²) in [4.78, 5) is 23.7. The van der Waals surface area contributed by atoms with Crippen LogP contribution in [0.3, 0.4) is 0 Å². The summed E-state index contributed by atoms with van der Waals surface area (Å²) in [6, 6.07) is 10.7. The van der Waals surface area contributed by atoms with Gasteiger partial charge in [0.25, 0.3) is 0 Å². The van der Waals surface area contributed by atoms with Crippen molar-refractivity contribution in [3.63, 3.8) is 0 Å². The Morgan fingerprint density at radius 2 is 1.57 bits per heavy atom. The number of fused-ring (bicyclic) bond motifs is 1. The van der Waals surface area contributed by atoms with Crippen molar-refractivity contribution in [1.29, 1.82) is 0 Å². The molecular weight excluding hydrogens is 392 g/mol. The van der Waals surface area contributed by atoms with E-state index in [1.807, 2.05) is 6.07 Å². The van der Waals surface area contributed by atoms with Crippen molar-refractivity contribution in [1.82, 2.24) is 19.9 Å². The highest BCUT2D eigenvalue weighted by Crippen LogP contribution is 2.38. The highest BCUT2D eigenvalue weighted by Gasteiger charge is 2.23. The van der Waals surface area contributed by atoms with Crippen LogP contribution in [0.5, 0.6) is 0 Å². The summed E-state index contributed by atoms with van der Waals surface area (Å²) in [7, 11) is 0. The molecule has 5 rings (SSSR count). The van der Waals surface area contributed by atoms with Crippen molar-refractivity contribution in [2.24, 2.45) is 0 Å². The van der Waals surface area contributed by atoms with E-state index in [2.05, 4.69) is 68.2 Å². The first-order valence-electron chi connectivity index (χ1n) is 10.3. The second-order valence-corrected chi connectivity index (χ2v) is 8.68. The lowest BCUT2D eigenvalue weighted by atomic mass is 9.99. The number of rotatable bonds is 4. The molecule has 0 bridgehead atoms. The maximum Gasteiger partial charge on any atom is 0.225 e. The highest BCUT2D eigenvalue weighted by molar-refractivity contribution is 7.17. The minimum absolute atomic E-state index is 0.530. The Morgan fingerprint density at radius 3 is 2.27 bits per heavy atom. The van der Waals surface area contributed by atoms with Crippen LogP contribution >= 0.6 is 11.3 Å². The van der Waals surface area contributed by atoms with E-state index in [1.54, 1.807) is 30.1 Å². The van der Waals surface area contributed by atoms with Gasteiger partial charge in [-0.1, -0.05) is 38.1 Å². The fraction of sp³-hybridized carbons (Fsp3) is 0.304. The summed E-state index contributed by atoms with van der Waals surface area (Å²) in [6.07, 6.45) is 5.28. The molecule has 152 valence electrons. The molecule has 1 saturated heterocycles. The summed E-state index contributed by atoms with van der Waals surface area (Å²) in [6.45, 7) is 7.95. The molecular formula is C23H24N6S. The molecule has 0 amide bonds. The molecule has 0 saturated carbocycles. The first-order chi connectivity index (χ1) is 14.7. The normalized spacial score (nSPS) is 14.6. The Bertz CT molecular complexity index is 1130. The average molecular weight is 417 g/mol. The van der Waals surface area contributed by atoms with E-state index in [-0.39, 0.29) is 0 Å². The first kappa shape index (κ1) is 18.9. The molecule has 1 fully saturated rings. The summed E-state index contributed by atoms with van der Waals surface area (Å²) in [5, 5.41) is 3.37. The molecule has 0 atom stereocenters. The van der Waals surface area contributed by atoms with Gasteiger partial charge in [-0.2, -0.15) is 0 Å². The SMILES string of the molecule is CC(C)c1ccc(-c2csc3ncnc(N4CCN(c5ncccn5)CC4)c23)cc1. The maximum atomic E-state index is 4.70. The van der Waals surface area contributed by atoms with Crippen LogP contribution < -0.4 is 9.80 Å². The molecule has 0 radical (unpaired) electrons. The summed E-state index contributed by atoms with van der Waals surface area (Å²) in [5.41, 5.74) is 3.79. The number of hydrogen-bond acceptors (Lipinski definition) is 7. The van der Waals surface area contributed by atoms with Crippen molar-refractivity contribution in [3.05, 3.63) is 60.0 Å². The van der Waals surface area contributed by atoms with Crippen LogP contribution in [-0.2, 0) is 0 Å². The summed E-state index contributed by atoms with van der Waals surface area (Å²) >= 11 is 1.69. The largest absolute Gasteiger partial charge is 0.352 e. The molecule has 4 aromatic rings. The molecule has 0 spiro atoms. The molecule has 30 heavy (non-hydrogen) atoms. The Morgan fingerprint density at radius 1 is 0.867 bits per heavy atom. The minimum Gasteiger partial charge on any atom is -0.352 e. The van der Waals surface area contributed by atoms with Gasteiger partial charge in [0.2, 0.25) is 5.95 Å². The zero-order chi connectivity index (χ0) is 20.5. The van der Waals surface area contributed by atoms with Crippen LogP contribution in [0.1, 0.15) is 25.3 Å². The predicted octanol–water partition coefficient (Wildman–Crippen LogP) is 4.60. The summed E-state index contributed by atoms with van der Waals surface area (Å²) < 4.78 is 0. The van der Waals surface area contributed by atoms with Crippen LogP contribution in [0.2, 0.25) is 0 Å². The van der Waals surface area contributed by atoms with Crippen molar-refractivity contribution < 1.29 is 0 Å². The number of thiophene rings is 1. The number of hydrogen-bond donors (Lipinski definition) is 0. The lowest BCUT2D eigenvalue weighted by Gasteiger charge is -2.35. The lowest BCUT2D eigenvalue weighted by Crippen LogP contribution is -2.47. The fourth-order valence-corrected chi connectivity index (χ4v) is 4.84. The number of aromatic nitrogens is 4. The quantitative estimate of drug-likeness (QED) is 0.485. The fourth-order valence-electron chi connectivity index (χ4n) is 3.93. The van der Waals surface area contributed by atoms with Crippen molar-refractivity contribution in [3.8, 4) is 11.1 Å². The summed E-state index contributed by atoms with van der Waals surface area (Å²) in [5.74, 6) is 2.35. The standard InChI is InChI=1S/C23H24N6S/c1-16(2)17-4-6-18(7-5-17)19-14-30-22-20(19)21(26-15-27-22)28-10-12-29(13-11-28)23-24-8-3-9-25-23/h3-9,14-16H,10-13H2,1-2H3. The zero-order valence-electron chi connectivity index (χ0n) is 17.2. The van der Waals surface area contributed by atoms with Crippen molar-refractivity contribution >= 4 is 33.3 Å². The monoisotopic (exact) mass is 416 g/mol. The van der Waals surface area contributed by atoms with Gasteiger partial charge in [-0.15, -0.1) is 11.3 Å². The topological polar surface area (TPSA) is 58.0 Å². The first-order valence-corrected chi connectivity index (χ1v) is 11.2. The maximum absolute atomic E-state index is 4.70. The van der Waals surface area contributed by atoms with Gasteiger partial charge in [0.15, 0.2) is 0 Å². The van der Waals surface area contributed by atoms with Gasteiger partial charge in [-0.3, -0.25) is 0 Å². The van der Waals surface area contributed by atoms with Gasteiger partial charge in [-0.05, 0) is 23.1 Å². The average Bonchev–Trinajstić information content (AvgIpc) is 3.24. The van der Waals surface area contributed by atoms with E-state index in [1.165, 1.54) is 16.7 Å². The third-order valence-corrected chi connectivity index (χ3v) is 6.54. The van der Waals surface area contributed by atoms with E-state index in [4.69, 9.17) is 4.98 Å². The number of nitrogens with zero attached hydrogens (tertiary/aromatic N) is 6. The van der Waals surface area contributed by atoms with E-state index < -0.39 is 0 Å². The van der Waals surface area contributed by atoms with Crippen LogP contribution in [0, 0.1) is 0 Å². The molecule has 0 N–H and O–H groups in total. The smallest absolute Gasteiger partial charge is 0.225 e. The third-order valence-electron chi connectivity index (χ3n) is 5.65. The van der Waals surface area contributed by atoms with Gasteiger partial charge in [0.05, 0.1) is 5.39 Å². The van der Waals surface area contributed by atoms with Gasteiger partial charge in [-0.25, -0.2) is 19.9 Å². The number of benzene rings is 1. The van der Waals surface area contributed by atoms with Crippen LogP contribution in [0.4, 0.5) is 11.8 Å². The van der Waals surface area contributed by atoms with Crippen molar-refractivity contribution in [2.75, 3.05) is 36.0 Å². The molecule has 7 heteroatoms. The van der Waals surface area contributed by atoms with Crippen molar-refractivity contribution in [2.45, 2.75) is 19.8 Å². The van der Waals surface area contributed by atoms with Gasteiger partial charge in [0, 0.05) is 49.5 Å². The lowest BCUT2D eigenvalue weighted by molar-refractivity contribution is 0.636. The molecule has 4 heterocycles. The Kier molecular flexibility index (Phi) is 5.04. The molecule has 0 unspecified atom stereocenters. The van der Waals surface area contributed by atoms with Gasteiger partial charge in [0.1, 0.15) is 17.0 Å². The zero-order valence-corrected chi connectivity index (χ0v) is 18.0. The highest BCUT2D eigenvalue weighted by atomic mass is 32.1. The second-order valence-electron chi connectivity index (χ2n) is 7.83. The molecule has 1 aliphatic heterocycles. The Labute approximate surface area is 180 Å². The number of anilines is 2. The van der Waals surface area contributed by atoms with E-state index >= 15 is 0 Å². The van der Waals surface area contributed by atoms with E-state index in [0.717, 1.165) is 48.2 Å². The molecule has 0 aliphatic carbocycles. The predicted molar refractivity (Wildman–Crippen MR) is 123 cm³/mol. The molecule has 6 nitrogen and oxygen atoms in total. The Balaban J connectivity index is 1.45. The third kappa shape index (κ3) is 3.50. The van der Waals surface area contributed by atoms with Crippen LogP contribution in [-0.4, -0.2) is 46.1 Å². The molecule has 1 aliphatic rings.